The highest BCUT2D eigenvalue weighted by molar-refractivity contribution is 5.93. The molecule has 23 heavy (non-hydrogen) atoms. The van der Waals surface area contributed by atoms with Gasteiger partial charge in [-0.3, -0.25) is 4.79 Å². The molecule has 0 aliphatic carbocycles. The fourth-order valence-corrected chi connectivity index (χ4v) is 2.97. The molecule has 2 aromatic rings. The average molecular weight is 313 g/mol. The molecule has 1 aliphatic heterocycles. The summed E-state index contributed by atoms with van der Waals surface area (Å²) >= 11 is 0. The van der Waals surface area contributed by atoms with E-state index in [0.717, 1.165) is 37.6 Å². The number of aromatic amines is 1. The van der Waals surface area contributed by atoms with Crippen LogP contribution in [0.15, 0.2) is 30.7 Å². The highest BCUT2D eigenvalue weighted by Gasteiger charge is 2.24. The van der Waals surface area contributed by atoms with Crippen molar-refractivity contribution in [3.63, 3.8) is 0 Å². The molecule has 1 fully saturated rings. The zero-order valence-corrected chi connectivity index (χ0v) is 13.7. The van der Waals surface area contributed by atoms with Crippen LogP contribution in [0.5, 0.6) is 0 Å². The Morgan fingerprint density at radius 2 is 2.30 bits per heavy atom. The van der Waals surface area contributed by atoms with Gasteiger partial charge < -0.3 is 14.8 Å². The third kappa shape index (κ3) is 3.36. The molecule has 1 amide bonds. The first-order valence-electron chi connectivity index (χ1n) is 8.14. The van der Waals surface area contributed by atoms with Gasteiger partial charge in [-0.15, -0.1) is 0 Å². The first-order valence-corrected chi connectivity index (χ1v) is 8.14. The zero-order valence-electron chi connectivity index (χ0n) is 13.7. The van der Waals surface area contributed by atoms with Gasteiger partial charge in [0.05, 0.1) is 5.56 Å². The van der Waals surface area contributed by atoms with Crippen molar-refractivity contribution in [2.45, 2.75) is 25.7 Å². The Balaban J connectivity index is 1.70. The van der Waals surface area contributed by atoms with E-state index in [1.807, 2.05) is 25.3 Å². The van der Waals surface area contributed by atoms with Crippen molar-refractivity contribution in [1.82, 2.24) is 19.9 Å². The van der Waals surface area contributed by atoms with Gasteiger partial charge in [0.15, 0.2) is 0 Å². The number of carbonyl (C=O) groups excluding carboxylic acids is 1. The molecule has 0 saturated carbocycles. The third-order valence-electron chi connectivity index (χ3n) is 4.47. The van der Waals surface area contributed by atoms with Gasteiger partial charge >= 0.3 is 0 Å². The van der Waals surface area contributed by atoms with E-state index in [9.17, 15) is 4.79 Å². The summed E-state index contributed by atoms with van der Waals surface area (Å²) in [5, 5.41) is 0. The van der Waals surface area contributed by atoms with Crippen LogP contribution in [0, 0.1) is 0 Å². The standard InChI is InChI=1S/C17H23N5O/c1-3-21(2)17(23)13-6-7-15(20-11-13)22-10-4-5-14(12-22)16-18-8-9-19-16/h6-9,11,14H,3-5,10,12H2,1-2H3,(H,18,19)/t14-/m1/s1. The van der Waals surface area contributed by atoms with Gasteiger partial charge in [0.2, 0.25) is 0 Å². The molecule has 1 aliphatic rings. The summed E-state index contributed by atoms with van der Waals surface area (Å²) in [6.45, 7) is 4.55. The second-order valence-corrected chi connectivity index (χ2v) is 5.98. The van der Waals surface area contributed by atoms with Crippen molar-refractivity contribution < 1.29 is 4.79 Å². The molecule has 0 radical (unpaired) electrons. The van der Waals surface area contributed by atoms with Gasteiger partial charge in [0, 0.05) is 51.2 Å². The molecule has 3 heterocycles. The largest absolute Gasteiger partial charge is 0.356 e. The lowest BCUT2D eigenvalue weighted by Gasteiger charge is -2.32. The van der Waals surface area contributed by atoms with Crippen LogP contribution in [0.4, 0.5) is 5.82 Å². The Morgan fingerprint density at radius 1 is 1.43 bits per heavy atom. The summed E-state index contributed by atoms with van der Waals surface area (Å²) in [7, 11) is 1.80. The van der Waals surface area contributed by atoms with E-state index in [4.69, 9.17) is 0 Å². The highest BCUT2D eigenvalue weighted by atomic mass is 16.2. The minimum absolute atomic E-state index is 0.0126. The number of piperidine rings is 1. The molecule has 0 unspecified atom stereocenters. The van der Waals surface area contributed by atoms with Crippen LogP contribution >= 0.6 is 0 Å². The van der Waals surface area contributed by atoms with E-state index in [0.29, 0.717) is 18.0 Å². The van der Waals surface area contributed by atoms with E-state index in [1.54, 1.807) is 24.3 Å². The lowest BCUT2D eigenvalue weighted by molar-refractivity contribution is 0.0802. The summed E-state index contributed by atoms with van der Waals surface area (Å²) in [6, 6.07) is 3.81. The minimum Gasteiger partial charge on any atom is -0.356 e. The van der Waals surface area contributed by atoms with Crippen LogP contribution < -0.4 is 4.90 Å². The first-order chi connectivity index (χ1) is 11.2. The van der Waals surface area contributed by atoms with Crippen LogP contribution in [-0.2, 0) is 0 Å². The normalized spacial score (nSPS) is 18.0. The van der Waals surface area contributed by atoms with E-state index < -0.39 is 0 Å². The van der Waals surface area contributed by atoms with Gasteiger partial charge in [-0.1, -0.05) is 0 Å². The number of nitrogens with zero attached hydrogens (tertiary/aromatic N) is 4. The maximum absolute atomic E-state index is 12.1. The van der Waals surface area contributed by atoms with E-state index in [1.165, 1.54) is 0 Å². The summed E-state index contributed by atoms with van der Waals surface area (Å²) < 4.78 is 0. The van der Waals surface area contributed by atoms with Crippen LogP contribution in [0.2, 0.25) is 0 Å². The van der Waals surface area contributed by atoms with Gasteiger partial charge in [-0.25, -0.2) is 9.97 Å². The monoisotopic (exact) mass is 313 g/mol. The average Bonchev–Trinajstić information content (AvgIpc) is 3.15. The van der Waals surface area contributed by atoms with Crippen molar-refractivity contribution in [1.29, 1.82) is 0 Å². The summed E-state index contributed by atoms with van der Waals surface area (Å²) in [5.74, 6) is 2.40. The quantitative estimate of drug-likeness (QED) is 0.940. The maximum atomic E-state index is 12.1. The second-order valence-electron chi connectivity index (χ2n) is 5.98. The number of rotatable bonds is 4. The molecule has 3 rings (SSSR count). The van der Waals surface area contributed by atoms with Crippen molar-refractivity contribution in [3.8, 4) is 0 Å². The van der Waals surface area contributed by atoms with Crippen LogP contribution in [-0.4, -0.2) is 52.4 Å². The second kappa shape index (κ2) is 6.81. The Morgan fingerprint density at radius 3 is 2.96 bits per heavy atom. The van der Waals surface area contributed by atoms with Crippen LogP contribution in [0.1, 0.15) is 41.9 Å². The Hall–Kier alpha value is -2.37. The third-order valence-corrected chi connectivity index (χ3v) is 4.47. The Kier molecular flexibility index (Phi) is 4.60. The molecular weight excluding hydrogens is 290 g/mol. The van der Waals surface area contributed by atoms with Crippen molar-refractivity contribution in [3.05, 3.63) is 42.1 Å². The number of anilines is 1. The fourth-order valence-electron chi connectivity index (χ4n) is 2.97. The zero-order chi connectivity index (χ0) is 16.2. The van der Waals surface area contributed by atoms with Crippen molar-refractivity contribution in [2.24, 2.45) is 0 Å². The SMILES string of the molecule is CCN(C)C(=O)c1ccc(N2CCC[C@@H](c3ncc[nH]3)C2)nc1. The summed E-state index contributed by atoms with van der Waals surface area (Å²) in [4.78, 5) is 28.2. The van der Waals surface area contributed by atoms with Crippen molar-refractivity contribution in [2.75, 3.05) is 31.6 Å². The summed E-state index contributed by atoms with van der Waals surface area (Å²) in [6.07, 6.45) is 7.61. The topological polar surface area (TPSA) is 65.1 Å². The number of amides is 1. The number of nitrogens with one attached hydrogen (secondary N) is 1. The molecule has 6 nitrogen and oxygen atoms in total. The maximum Gasteiger partial charge on any atom is 0.255 e. The number of carbonyl (C=O) groups is 1. The predicted molar refractivity (Wildman–Crippen MR) is 89.6 cm³/mol. The molecular formula is C17H23N5O. The first kappa shape index (κ1) is 15.5. The molecule has 0 bridgehead atoms. The number of hydrogen-bond donors (Lipinski definition) is 1. The molecule has 0 spiro atoms. The summed E-state index contributed by atoms with van der Waals surface area (Å²) in [5.41, 5.74) is 0.637. The fraction of sp³-hybridized carbons (Fsp3) is 0.471. The molecule has 1 atom stereocenters. The predicted octanol–water partition coefficient (Wildman–Crippen LogP) is 2.28. The Bertz CT molecular complexity index is 638. The molecule has 0 aromatic carbocycles. The molecule has 2 aromatic heterocycles. The minimum atomic E-state index is 0.0126. The number of hydrogen-bond acceptors (Lipinski definition) is 4. The van der Waals surface area contributed by atoms with Gasteiger partial charge in [0.1, 0.15) is 11.6 Å². The number of pyridine rings is 1. The molecule has 6 heteroatoms. The van der Waals surface area contributed by atoms with E-state index in [-0.39, 0.29) is 5.91 Å². The lowest BCUT2D eigenvalue weighted by atomic mass is 9.97. The van der Waals surface area contributed by atoms with Crippen LogP contribution in [0.25, 0.3) is 0 Å². The highest BCUT2D eigenvalue weighted by Crippen LogP contribution is 2.27. The smallest absolute Gasteiger partial charge is 0.255 e. The lowest BCUT2D eigenvalue weighted by Crippen LogP contribution is -2.35. The molecule has 1 N–H and O–H groups in total. The molecule has 122 valence electrons. The van der Waals surface area contributed by atoms with Gasteiger partial charge in [-0.05, 0) is 31.9 Å². The van der Waals surface area contributed by atoms with Crippen molar-refractivity contribution >= 4 is 11.7 Å². The van der Waals surface area contributed by atoms with Crippen LogP contribution in [0.3, 0.4) is 0 Å². The molecule has 1 saturated heterocycles. The number of imidazole rings is 1. The number of aromatic nitrogens is 3. The van der Waals surface area contributed by atoms with E-state index in [2.05, 4.69) is 19.9 Å². The van der Waals surface area contributed by atoms with Gasteiger partial charge in [-0.2, -0.15) is 0 Å². The number of H-pyrrole nitrogens is 1. The van der Waals surface area contributed by atoms with E-state index >= 15 is 0 Å². The Labute approximate surface area is 136 Å². The van der Waals surface area contributed by atoms with Gasteiger partial charge in [0.25, 0.3) is 5.91 Å².